The van der Waals surface area contributed by atoms with E-state index in [4.69, 9.17) is 42.1 Å². The lowest BCUT2D eigenvalue weighted by atomic mass is 9.85. The van der Waals surface area contributed by atoms with E-state index in [1.807, 2.05) is 31.2 Å². The number of carbonyl (C=O) groups is 4. The lowest BCUT2D eigenvalue weighted by Crippen LogP contribution is -2.58. The standard InChI is InChI=1S/C48H55Cl2FN8O9S/c1-27-43(69-26-55-27)29-8-6-28(7-9-29)21-52-46(63)36-18-30(60)22-59(36)47(64)44(48(2,3)4)57-39(61)23-66-16-17-67-24-40(62)58-14-12-31(13-15-58)68-38-19-32-35(20-37(38)65-5)53-25-54-45(32)56-34-11-10-33(49)41(50)42(34)51/h6-11,19-20,25-26,30-31,36,44,60H,12-18,21-24H2,1-5H3,(H,52,63)(H,57,61)(H,53,54,56)/t30-,36+,44-/m1/s1. The summed E-state index contributed by atoms with van der Waals surface area (Å²) in [4.78, 5) is 70.6. The average Bonchev–Trinajstić information content (AvgIpc) is 3.95. The van der Waals surface area contributed by atoms with Crippen LogP contribution in [0.3, 0.4) is 0 Å². The van der Waals surface area contributed by atoms with Crippen LogP contribution in [-0.2, 0) is 35.2 Å². The monoisotopic (exact) mass is 1010 g/mol. The number of piperidine rings is 1. The summed E-state index contributed by atoms with van der Waals surface area (Å²) >= 11 is 13.5. The molecule has 3 aromatic carbocycles. The predicted octanol–water partition coefficient (Wildman–Crippen LogP) is 6.47. The van der Waals surface area contributed by atoms with Crippen molar-refractivity contribution < 1.29 is 47.6 Å². The Hall–Kier alpha value is -5.70. The normalized spacial score (nSPS) is 16.9. The van der Waals surface area contributed by atoms with Crippen LogP contribution in [0.4, 0.5) is 15.9 Å². The SMILES string of the molecule is COc1cc2ncnc(Nc3ccc(Cl)c(Cl)c3F)c2cc1OC1CCN(C(=O)COCCOCC(=O)N[C@H](C(=O)N2C[C@H](O)C[C@H]2C(=O)NCc2ccc(-c3scnc3C)cc2)C(C)(C)C)CC1. The molecule has 2 saturated heterocycles. The van der Waals surface area contributed by atoms with E-state index < -0.39 is 47.1 Å². The van der Waals surface area contributed by atoms with Gasteiger partial charge in [0.25, 0.3) is 0 Å². The molecule has 21 heteroatoms. The first-order chi connectivity index (χ1) is 33.0. The van der Waals surface area contributed by atoms with Gasteiger partial charge in [-0.1, -0.05) is 68.2 Å². The Morgan fingerprint density at radius 3 is 2.38 bits per heavy atom. The molecule has 4 heterocycles. The molecular weight excluding hydrogens is 955 g/mol. The highest BCUT2D eigenvalue weighted by Crippen LogP contribution is 2.38. The highest BCUT2D eigenvalue weighted by atomic mass is 35.5. The third-order valence-electron chi connectivity index (χ3n) is 11.8. The molecule has 4 N–H and O–H groups in total. The largest absolute Gasteiger partial charge is 0.493 e. The zero-order valence-corrected chi connectivity index (χ0v) is 41.2. The van der Waals surface area contributed by atoms with Gasteiger partial charge in [0.1, 0.15) is 43.5 Å². The van der Waals surface area contributed by atoms with Crippen molar-refractivity contribution in [3.05, 3.63) is 87.5 Å². The van der Waals surface area contributed by atoms with Crippen molar-refractivity contribution in [3.8, 4) is 21.9 Å². The van der Waals surface area contributed by atoms with E-state index in [1.54, 1.807) is 54.7 Å². The fourth-order valence-corrected chi connectivity index (χ4v) is 9.21. The molecule has 0 aliphatic carbocycles. The summed E-state index contributed by atoms with van der Waals surface area (Å²) in [5.74, 6) is -1.18. The van der Waals surface area contributed by atoms with Crippen molar-refractivity contribution in [1.29, 1.82) is 0 Å². The van der Waals surface area contributed by atoms with Crippen molar-refractivity contribution in [3.63, 3.8) is 0 Å². The van der Waals surface area contributed by atoms with Crippen LogP contribution < -0.4 is 25.4 Å². The number of likely N-dealkylation sites (tertiary alicyclic amines) is 2. The molecule has 368 valence electrons. The van der Waals surface area contributed by atoms with Gasteiger partial charge in [-0.15, -0.1) is 11.3 Å². The van der Waals surface area contributed by atoms with E-state index in [9.17, 15) is 28.7 Å². The first-order valence-electron chi connectivity index (χ1n) is 22.4. The zero-order valence-electron chi connectivity index (χ0n) is 38.9. The van der Waals surface area contributed by atoms with Crippen LogP contribution in [0.1, 0.15) is 51.3 Å². The summed E-state index contributed by atoms with van der Waals surface area (Å²) in [6.45, 7) is 7.87. The molecule has 0 spiro atoms. The van der Waals surface area contributed by atoms with Crippen molar-refractivity contribution in [2.45, 2.75) is 77.8 Å². The van der Waals surface area contributed by atoms with E-state index in [0.717, 1.165) is 21.7 Å². The number of aliphatic hydroxyl groups excluding tert-OH is 1. The number of nitrogens with one attached hydrogen (secondary N) is 3. The van der Waals surface area contributed by atoms with Crippen LogP contribution in [0.15, 0.2) is 60.4 Å². The van der Waals surface area contributed by atoms with Gasteiger partial charge in [0.05, 0.1) is 63.8 Å². The number of hydrogen-bond acceptors (Lipinski definition) is 14. The number of thiazole rings is 1. The molecule has 0 unspecified atom stereocenters. The van der Waals surface area contributed by atoms with E-state index >= 15 is 0 Å². The smallest absolute Gasteiger partial charge is 0.248 e. The summed E-state index contributed by atoms with van der Waals surface area (Å²) in [6, 6.07) is 12.2. The van der Waals surface area contributed by atoms with Crippen LogP contribution in [0, 0.1) is 18.2 Å². The molecule has 2 aromatic heterocycles. The highest BCUT2D eigenvalue weighted by molar-refractivity contribution is 7.13. The summed E-state index contributed by atoms with van der Waals surface area (Å²) in [6.07, 6.45) is 1.32. The van der Waals surface area contributed by atoms with Crippen LogP contribution >= 0.6 is 34.5 Å². The van der Waals surface area contributed by atoms with Gasteiger partial charge in [-0.3, -0.25) is 19.2 Å². The average molecular weight is 1010 g/mol. The topological polar surface area (TPSA) is 207 Å². The van der Waals surface area contributed by atoms with Crippen LogP contribution in [0.5, 0.6) is 11.5 Å². The number of methoxy groups -OCH3 is 1. The Morgan fingerprint density at radius 2 is 1.70 bits per heavy atom. The molecule has 0 radical (unpaired) electrons. The maximum absolute atomic E-state index is 14.9. The molecule has 3 atom stereocenters. The van der Waals surface area contributed by atoms with Crippen molar-refractivity contribution in [1.82, 2.24) is 35.4 Å². The number of ether oxygens (including phenoxy) is 4. The number of anilines is 2. The lowest BCUT2D eigenvalue weighted by molar-refractivity contribution is -0.144. The fourth-order valence-electron chi connectivity index (χ4n) is 8.08. The molecule has 5 aromatic rings. The van der Waals surface area contributed by atoms with E-state index in [-0.39, 0.29) is 73.7 Å². The van der Waals surface area contributed by atoms with E-state index in [0.29, 0.717) is 54.2 Å². The number of amides is 4. The number of aryl methyl sites for hydroxylation is 1. The van der Waals surface area contributed by atoms with Gasteiger partial charge in [0.2, 0.25) is 23.6 Å². The second-order valence-corrected chi connectivity index (χ2v) is 19.5. The minimum atomic E-state index is -1.02. The zero-order chi connectivity index (χ0) is 49.4. The third kappa shape index (κ3) is 12.7. The Balaban J connectivity index is 0.826. The van der Waals surface area contributed by atoms with Crippen LogP contribution in [0.25, 0.3) is 21.3 Å². The Kier molecular flexibility index (Phi) is 16.9. The molecule has 2 aliphatic heterocycles. The molecular formula is C48H55Cl2FN8O9S. The molecule has 69 heavy (non-hydrogen) atoms. The Labute approximate surface area is 413 Å². The number of β-amino-alcohol motifs (C(OH)–C–C–N with tert-alkyl or cyclic N) is 1. The van der Waals surface area contributed by atoms with Gasteiger partial charge in [-0.05, 0) is 41.7 Å². The number of aliphatic hydroxyl groups is 1. The van der Waals surface area contributed by atoms with Gasteiger partial charge in [0.15, 0.2) is 17.3 Å². The second-order valence-electron chi connectivity index (χ2n) is 17.8. The number of aromatic nitrogens is 3. The quantitative estimate of drug-likeness (QED) is 0.0549. The van der Waals surface area contributed by atoms with Crippen molar-refractivity contribution >= 4 is 80.6 Å². The fraction of sp³-hybridized carbons (Fsp3) is 0.438. The summed E-state index contributed by atoms with van der Waals surface area (Å²) in [7, 11) is 1.52. The molecule has 2 aliphatic rings. The molecule has 0 saturated carbocycles. The number of halogens is 3. The number of hydrogen-bond donors (Lipinski definition) is 4. The number of carbonyl (C=O) groups excluding carboxylic acids is 4. The Morgan fingerprint density at radius 1 is 0.971 bits per heavy atom. The van der Waals surface area contributed by atoms with Crippen molar-refractivity contribution in [2.75, 3.05) is 58.5 Å². The molecule has 17 nitrogen and oxygen atoms in total. The first kappa shape index (κ1) is 51.2. The summed E-state index contributed by atoms with van der Waals surface area (Å²) in [5, 5.41) is 19.6. The Bertz CT molecular complexity index is 2650. The highest BCUT2D eigenvalue weighted by Gasteiger charge is 2.44. The van der Waals surface area contributed by atoms with Gasteiger partial charge in [0, 0.05) is 56.9 Å². The van der Waals surface area contributed by atoms with Gasteiger partial charge in [-0.2, -0.15) is 0 Å². The summed E-state index contributed by atoms with van der Waals surface area (Å²) in [5.41, 5.74) is 4.52. The molecule has 4 amide bonds. The van der Waals surface area contributed by atoms with Gasteiger partial charge in [-0.25, -0.2) is 19.3 Å². The van der Waals surface area contributed by atoms with E-state index in [1.165, 1.54) is 30.5 Å². The molecule has 0 bridgehead atoms. The van der Waals surface area contributed by atoms with Crippen LogP contribution in [0.2, 0.25) is 10.0 Å². The number of benzene rings is 3. The number of rotatable bonds is 18. The minimum Gasteiger partial charge on any atom is -0.493 e. The lowest BCUT2D eigenvalue weighted by Gasteiger charge is -2.35. The minimum absolute atomic E-state index is 0.0111. The second kappa shape index (κ2) is 22.8. The number of fused-ring (bicyclic) bond motifs is 1. The summed E-state index contributed by atoms with van der Waals surface area (Å²) < 4.78 is 38.0. The van der Waals surface area contributed by atoms with E-state index in [2.05, 4.69) is 30.9 Å². The van der Waals surface area contributed by atoms with Crippen LogP contribution in [-0.4, -0.2) is 131 Å². The van der Waals surface area contributed by atoms with Crippen molar-refractivity contribution in [2.24, 2.45) is 5.41 Å². The first-order valence-corrected chi connectivity index (χ1v) is 24.0. The third-order valence-corrected chi connectivity index (χ3v) is 13.6. The maximum atomic E-state index is 14.9. The van der Waals surface area contributed by atoms with Gasteiger partial charge >= 0.3 is 0 Å². The molecule has 7 rings (SSSR count). The number of nitrogens with zero attached hydrogens (tertiary/aromatic N) is 5. The maximum Gasteiger partial charge on any atom is 0.248 e. The molecule has 2 fully saturated rings. The predicted molar refractivity (Wildman–Crippen MR) is 259 cm³/mol. The van der Waals surface area contributed by atoms with Gasteiger partial charge < -0.3 is 49.8 Å².